The Balaban J connectivity index is 1.49. The second-order valence-corrected chi connectivity index (χ2v) is 7.95. The predicted molar refractivity (Wildman–Crippen MR) is 116 cm³/mol. The molecule has 0 aliphatic carbocycles. The molecule has 0 radical (unpaired) electrons. The van der Waals surface area contributed by atoms with Crippen LogP contribution in [-0.4, -0.2) is 24.3 Å². The summed E-state index contributed by atoms with van der Waals surface area (Å²) in [5.74, 6) is 0. The molecule has 1 aliphatic heterocycles. The van der Waals surface area contributed by atoms with E-state index in [4.69, 9.17) is 0 Å². The number of thiazole rings is 1. The molecule has 0 bridgehead atoms. The summed E-state index contributed by atoms with van der Waals surface area (Å²) >= 11 is 1.39. The van der Waals surface area contributed by atoms with Crippen molar-refractivity contribution in [1.82, 2.24) is 4.98 Å². The predicted octanol–water partition coefficient (Wildman–Crippen LogP) is 6.27. The Bertz CT molecular complexity index is 1010. The minimum Gasteiger partial charge on any atom is -0.371 e. The molecular formula is C22H21F3N4S. The summed E-state index contributed by atoms with van der Waals surface area (Å²) in [5, 5.41) is 6.56. The van der Waals surface area contributed by atoms with Gasteiger partial charge in [-0.05, 0) is 37.0 Å². The summed E-state index contributed by atoms with van der Waals surface area (Å²) in [5.41, 5.74) is 4.64. The Morgan fingerprint density at radius 3 is 2.53 bits per heavy atom. The minimum absolute atomic E-state index is 0.250. The zero-order chi connectivity index (χ0) is 21.0. The molecule has 4 rings (SSSR count). The van der Waals surface area contributed by atoms with E-state index in [0.717, 1.165) is 36.6 Å². The number of halogens is 3. The van der Waals surface area contributed by atoms with E-state index in [0.29, 0.717) is 23.8 Å². The van der Waals surface area contributed by atoms with Crippen LogP contribution in [0.15, 0.2) is 59.0 Å². The molecule has 3 aromatic rings. The molecule has 0 saturated carbocycles. The molecule has 0 unspecified atom stereocenters. The van der Waals surface area contributed by atoms with Crippen LogP contribution in [-0.2, 0) is 6.18 Å². The molecule has 4 nitrogen and oxygen atoms in total. The summed E-state index contributed by atoms with van der Waals surface area (Å²) in [4.78, 5) is 6.28. The van der Waals surface area contributed by atoms with E-state index in [-0.39, 0.29) is 5.69 Å². The Labute approximate surface area is 177 Å². The van der Waals surface area contributed by atoms with Crippen LogP contribution in [0.25, 0.3) is 11.3 Å². The Morgan fingerprint density at radius 2 is 1.80 bits per heavy atom. The molecule has 2 heterocycles. The maximum Gasteiger partial charge on any atom is 0.418 e. The van der Waals surface area contributed by atoms with Crippen LogP contribution in [0.2, 0.25) is 0 Å². The number of piperidine rings is 1. The molecule has 1 fully saturated rings. The average Bonchev–Trinajstić information content (AvgIpc) is 3.23. The molecule has 0 amide bonds. The largest absolute Gasteiger partial charge is 0.418 e. The third kappa shape index (κ3) is 4.81. The van der Waals surface area contributed by atoms with E-state index in [2.05, 4.69) is 15.5 Å². The Morgan fingerprint density at radius 1 is 1.03 bits per heavy atom. The fourth-order valence-corrected chi connectivity index (χ4v) is 4.17. The van der Waals surface area contributed by atoms with Gasteiger partial charge in [0.1, 0.15) is 0 Å². The molecule has 1 aromatic heterocycles. The van der Waals surface area contributed by atoms with Gasteiger partial charge in [0.05, 0.1) is 17.5 Å². The van der Waals surface area contributed by atoms with Gasteiger partial charge < -0.3 is 4.90 Å². The number of hydrogen-bond acceptors (Lipinski definition) is 5. The zero-order valence-corrected chi connectivity index (χ0v) is 17.0. The maximum atomic E-state index is 13.6. The molecule has 2 aromatic carbocycles. The van der Waals surface area contributed by atoms with Crippen molar-refractivity contribution < 1.29 is 13.2 Å². The number of nitrogens with zero attached hydrogens (tertiary/aromatic N) is 3. The highest BCUT2D eigenvalue weighted by Gasteiger charge is 2.35. The van der Waals surface area contributed by atoms with Gasteiger partial charge in [-0.25, -0.2) is 4.98 Å². The first-order valence-corrected chi connectivity index (χ1v) is 10.6. The van der Waals surface area contributed by atoms with Crippen LogP contribution < -0.4 is 10.3 Å². The number of rotatable bonds is 5. The van der Waals surface area contributed by atoms with Crippen LogP contribution in [0, 0.1) is 0 Å². The molecule has 1 aliphatic rings. The molecule has 30 heavy (non-hydrogen) atoms. The van der Waals surface area contributed by atoms with Crippen molar-refractivity contribution in [1.29, 1.82) is 0 Å². The molecular weight excluding hydrogens is 409 g/mol. The standard InChI is InChI=1S/C22H21F3N4S/c23-22(24,25)18-13-16(9-10-20(18)29-11-5-2-6-12-29)14-26-28-21-27-19(15-30-21)17-7-3-1-4-8-17/h1,3-4,7-10,13-15H,2,5-6,11-12H2,(H,27,28). The maximum absolute atomic E-state index is 13.6. The van der Waals surface area contributed by atoms with Crippen LogP contribution in [0.4, 0.5) is 24.0 Å². The zero-order valence-electron chi connectivity index (χ0n) is 16.2. The summed E-state index contributed by atoms with van der Waals surface area (Å²) < 4.78 is 40.9. The highest BCUT2D eigenvalue weighted by molar-refractivity contribution is 7.14. The highest BCUT2D eigenvalue weighted by Crippen LogP contribution is 2.38. The Hall–Kier alpha value is -2.87. The van der Waals surface area contributed by atoms with E-state index in [1.165, 1.54) is 17.6 Å². The van der Waals surface area contributed by atoms with Crippen molar-refractivity contribution in [3.63, 3.8) is 0 Å². The quantitative estimate of drug-likeness (QED) is 0.383. The fourth-order valence-electron chi connectivity index (χ4n) is 3.50. The number of hydrazone groups is 1. The molecule has 8 heteroatoms. The van der Waals surface area contributed by atoms with Gasteiger partial charge >= 0.3 is 6.18 Å². The smallest absolute Gasteiger partial charge is 0.371 e. The van der Waals surface area contributed by atoms with E-state index >= 15 is 0 Å². The topological polar surface area (TPSA) is 40.5 Å². The molecule has 1 saturated heterocycles. The summed E-state index contributed by atoms with van der Waals surface area (Å²) in [6.07, 6.45) is -0.119. The lowest BCUT2D eigenvalue weighted by atomic mass is 10.0. The van der Waals surface area contributed by atoms with Crippen molar-refractivity contribution in [2.24, 2.45) is 5.10 Å². The van der Waals surface area contributed by atoms with Crippen molar-refractivity contribution in [3.8, 4) is 11.3 Å². The summed E-state index contributed by atoms with van der Waals surface area (Å²) in [7, 11) is 0. The monoisotopic (exact) mass is 430 g/mol. The van der Waals surface area contributed by atoms with Gasteiger partial charge in [-0.3, -0.25) is 5.43 Å². The minimum atomic E-state index is -4.41. The number of benzene rings is 2. The molecule has 1 N–H and O–H groups in total. The lowest BCUT2D eigenvalue weighted by molar-refractivity contribution is -0.137. The van der Waals surface area contributed by atoms with Crippen molar-refractivity contribution in [2.75, 3.05) is 23.4 Å². The second-order valence-electron chi connectivity index (χ2n) is 7.10. The van der Waals surface area contributed by atoms with Gasteiger partial charge in [0, 0.05) is 29.7 Å². The van der Waals surface area contributed by atoms with Crippen molar-refractivity contribution in [3.05, 3.63) is 65.0 Å². The molecule has 156 valence electrons. The van der Waals surface area contributed by atoms with Crippen LogP contribution in [0.3, 0.4) is 0 Å². The van der Waals surface area contributed by atoms with Gasteiger partial charge in [0.15, 0.2) is 0 Å². The van der Waals surface area contributed by atoms with Gasteiger partial charge in [-0.15, -0.1) is 11.3 Å². The van der Waals surface area contributed by atoms with Gasteiger partial charge in [0.25, 0.3) is 0 Å². The van der Waals surface area contributed by atoms with Crippen molar-refractivity contribution >= 4 is 28.4 Å². The number of aromatic nitrogens is 1. The summed E-state index contributed by atoms with van der Waals surface area (Å²) in [6, 6.07) is 14.1. The lowest BCUT2D eigenvalue weighted by Crippen LogP contribution is -2.31. The number of alkyl halides is 3. The lowest BCUT2D eigenvalue weighted by Gasteiger charge is -2.31. The van der Waals surface area contributed by atoms with E-state index in [1.54, 1.807) is 12.1 Å². The summed E-state index contributed by atoms with van der Waals surface area (Å²) in [6.45, 7) is 1.32. The number of nitrogens with one attached hydrogen (secondary N) is 1. The first-order chi connectivity index (χ1) is 14.5. The van der Waals surface area contributed by atoms with E-state index < -0.39 is 11.7 Å². The first-order valence-electron chi connectivity index (χ1n) is 9.77. The van der Waals surface area contributed by atoms with E-state index in [9.17, 15) is 13.2 Å². The first kappa shape index (κ1) is 20.4. The van der Waals surface area contributed by atoms with Crippen LogP contribution in [0.5, 0.6) is 0 Å². The van der Waals surface area contributed by atoms with E-state index in [1.807, 2.05) is 40.6 Å². The average molecular weight is 430 g/mol. The molecule has 0 atom stereocenters. The number of hydrogen-bond donors (Lipinski definition) is 1. The third-order valence-electron chi connectivity index (χ3n) is 4.97. The Kier molecular flexibility index (Phi) is 6.03. The third-order valence-corrected chi connectivity index (χ3v) is 5.72. The van der Waals surface area contributed by atoms with Crippen molar-refractivity contribution in [2.45, 2.75) is 25.4 Å². The van der Waals surface area contributed by atoms with Crippen LogP contribution in [0.1, 0.15) is 30.4 Å². The second kappa shape index (κ2) is 8.87. The molecule has 0 spiro atoms. The SMILES string of the molecule is FC(F)(F)c1cc(C=NNc2nc(-c3ccccc3)cs2)ccc1N1CCCCC1. The van der Waals surface area contributed by atoms with Gasteiger partial charge in [-0.1, -0.05) is 36.4 Å². The fraction of sp³-hybridized carbons (Fsp3) is 0.273. The normalized spacial score (nSPS) is 15.0. The number of anilines is 2. The van der Waals surface area contributed by atoms with Gasteiger partial charge in [0.2, 0.25) is 5.13 Å². The highest BCUT2D eigenvalue weighted by atomic mass is 32.1. The van der Waals surface area contributed by atoms with Crippen LogP contribution >= 0.6 is 11.3 Å². The van der Waals surface area contributed by atoms with Gasteiger partial charge in [-0.2, -0.15) is 18.3 Å².